The number of hydrogen-bond donors (Lipinski definition) is 1. The Kier molecular flexibility index (Phi) is 3.57. The molecule has 1 rings (SSSR count). The van der Waals surface area contributed by atoms with Crippen molar-refractivity contribution < 1.29 is 0 Å². The molecule has 2 heteroatoms. The Morgan fingerprint density at radius 2 is 1.57 bits per heavy atom. The molecule has 0 fully saturated rings. The van der Waals surface area contributed by atoms with Gasteiger partial charge in [-0.3, -0.25) is 0 Å². The highest BCUT2D eigenvalue weighted by molar-refractivity contribution is 6.32. The van der Waals surface area contributed by atoms with Gasteiger partial charge in [0.2, 0.25) is 0 Å². The predicted octanol–water partition coefficient (Wildman–Crippen LogP) is 3.61. The van der Waals surface area contributed by atoms with Crippen molar-refractivity contribution >= 4 is 11.6 Å². The quantitative estimate of drug-likeness (QED) is 0.795. The highest BCUT2D eigenvalue weighted by Crippen LogP contribution is 2.26. The fourth-order valence-corrected chi connectivity index (χ4v) is 1.67. The lowest BCUT2D eigenvalue weighted by molar-refractivity contribution is 0.514. The molecule has 1 aromatic carbocycles. The van der Waals surface area contributed by atoms with Crippen LogP contribution in [-0.4, -0.2) is 0 Å². The first kappa shape index (κ1) is 11.5. The molecule has 0 radical (unpaired) electrons. The van der Waals surface area contributed by atoms with E-state index >= 15 is 0 Å². The normalized spacial score (nSPS) is 13.4. The van der Waals surface area contributed by atoms with Crippen LogP contribution in [0.25, 0.3) is 0 Å². The molecular weight excluding hydrogens is 194 g/mol. The molecule has 14 heavy (non-hydrogen) atoms. The van der Waals surface area contributed by atoms with E-state index in [1.54, 1.807) is 0 Å². The molecule has 0 heterocycles. The zero-order chi connectivity index (χ0) is 10.9. The molecule has 0 saturated heterocycles. The molecule has 1 aromatic rings. The zero-order valence-corrected chi connectivity index (χ0v) is 10.0. The smallest absolute Gasteiger partial charge is 0.0464 e. The zero-order valence-electron chi connectivity index (χ0n) is 9.26. The van der Waals surface area contributed by atoms with E-state index in [2.05, 4.69) is 26.0 Å². The standard InChI is InChI=1S/C12H18ClN/c1-7(2)12(14)10-5-8(3)11(13)9(4)6-10/h5-7,12H,14H2,1-4H3/t12-/m0/s1. The molecular formula is C12H18ClN. The van der Waals surface area contributed by atoms with Crippen LogP contribution in [0.15, 0.2) is 12.1 Å². The maximum Gasteiger partial charge on any atom is 0.0464 e. The Morgan fingerprint density at radius 1 is 1.14 bits per heavy atom. The Morgan fingerprint density at radius 3 is 1.93 bits per heavy atom. The van der Waals surface area contributed by atoms with Crippen molar-refractivity contribution in [2.75, 3.05) is 0 Å². The van der Waals surface area contributed by atoms with Crippen LogP contribution in [-0.2, 0) is 0 Å². The molecule has 0 aliphatic rings. The number of nitrogens with two attached hydrogens (primary N) is 1. The lowest BCUT2D eigenvalue weighted by Crippen LogP contribution is -2.17. The summed E-state index contributed by atoms with van der Waals surface area (Å²) in [6.07, 6.45) is 0. The first-order valence-corrected chi connectivity index (χ1v) is 5.33. The minimum Gasteiger partial charge on any atom is -0.324 e. The fourth-order valence-electron chi connectivity index (χ4n) is 1.56. The lowest BCUT2D eigenvalue weighted by Gasteiger charge is -2.18. The van der Waals surface area contributed by atoms with E-state index in [-0.39, 0.29) is 6.04 Å². The van der Waals surface area contributed by atoms with Crippen LogP contribution in [0.5, 0.6) is 0 Å². The highest BCUT2D eigenvalue weighted by Gasteiger charge is 2.12. The third-order valence-corrected chi connectivity index (χ3v) is 3.16. The van der Waals surface area contributed by atoms with Crippen LogP contribution in [0, 0.1) is 19.8 Å². The Bertz CT molecular complexity index is 308. The molecule has 0 spiro atoms. The van der Waals surface area contributed by atoms with Gasteiger partial charge < -0.3 is 5.73 Å². The monoisotopic (exact) mass is 211 g/mol. The second kappa shape index (κ2) is 4.33. The van der Waals surface area contributed by atoms with Crippen molar-refractivity contribution in [1.82, 2.24) is 0 Å². The number of benzene rings is 1. The second-order valence-electron chi connectivity index (χ2n) is 4.24. The summed E-state index contributed by atoms with van der Waals surface area (Å²) in [6, 6.07) is 4.27. The SMILES string of the molecule is Cc1cc([C@@H](N)C(C)C)cc(C)c1Cl. The van der Waals surface area contributed by atoms with Crippen molar-refractivity contribution in [2.24, 2.45) is 11.7 Å². The van der Waals surface area contributed by atoms with Gasteiger partial charge >= 0.3 is 0 Å². The Balaban J connectivity index is 3.12. The summed E-state index contributed by atoms with van der Waals surface area (Å²) >= 11 is 6.09. The molecule has 0 aromatic heterocycles. The van der Waals surface area contributed by atoms with Gasteiger partial charge in [0.1, 0.15) is 0 Å². The minimum atomic E-state index is 0.102. The minimum absolute atomic E-state index is 0.102. The van der Waals surface area contributed by atoms with E-state index < -0.39 is 0 Å². The number of rotatable bonds is 2. The average molecular weight is 212 g/mol. The Hall–Kier alpha value is -0.530. The van der Waals surface area contributed by atoms with Gasteiger partial charge in [-0.05, 0) is 36.5 Å². The molecule has 0 amide bonds. The van der Waals surface area contributed by atoms with Crippen LogP contribution in [0.1, 0.15) is 36.6 Å². The van der Waals surface area contributed by atoms with Crippen LogP contribution >= 0.6 is 11.6 Å². The lowest BCUT2D eigenvalue weighted by atomic mass is 9.94. The number of hydrogen-bond acceptors (Lipinski definition) is 1. The van der Waals surface area contributed by atoms with Crippen LogP contribution < -0.4 is 5.73 Å². The van der Waals surface area contributed by atoms with E-state index in [1.807, 2.05) is 13.8 Å². The third kappa shape index (κ3) is 2.28. The maximum absolute atomic E-state index is 6.09. The largest absolute Gasteiger partial charge is 0.324 e. The third-order valence-electron chi connectivity index (χ3n) is 2.56. The van der Waals surface area contributed by atoms with Crippen LogP contribution in [0.4, 0.5) is 0 Å². The van der Waals surface area contributed by atoms with E-state index in [1.165, 1.54) is 5.56 Å². The number of aryl methyl sites for hydroxylation is 2. The van der Waals surface area contributed by atoms with Crippen molar-refractivity contribution in [3.8, 4) is 0 Å². The van der Waals surface area contributed by atoms with Crippen molar-refractivity contribution in [3.63, 3.8) is 0 Å². The van der Waals surface area contributed by atoms with E-state index in [9.17, 15) is 0 Å². The van der Waals surface area contributed by atoms with Gasteiger partial charge in [-0.15, -0.1) is 0 Å². The van der Waals surface area contributed by atoms with Crippen LogP contribution in [0.3, 0.4) is 0 Å². The molecule has 0 unspecified atom stereocenters. The first-order chi connectivity index (χ1) is 6.43. The summed E-state index contributed by atoms with van der Waals surface area (Å²) in [7, 11) is 0. The van der Waals surface area contributed by atoms with Gasteiger partial charge in [0, 0.05) is 11.1 Å². The van der Waals surface area contributed by atoms with E-state index in [0.717, 1.165) is 16.1 Å². The van der Waals surface area contributed by atoms with E-state index in [0.29, 0.717) is 5.92 Å². The first-order valence-electron chi connectivity index (χ1n) is 4.95. The topological polar surface area (TPSA) is 26.0 Å². The number of halogens is 1. The predicted molar refractivity (Wildman–Crippen MR) is 62.7 cm³/mol. The summed E-state index contributed by atoms with van der Waals surface area (Å²) in [5, 5.41) is 0.852. The molecule has 1 atom stereocenters. The molecule has 0 saturated carbocycles. The summed E-state index contributed by atoms with van der Waals surface area (Å²) in [6.45, 7) is 8.30. The molecule has 1 nitrogen and oxygen atoms in total. The average Bonchev–Trinajstić information content (AvgIpc) is 2.12. The van der Waals surface area contributed by atoms with Gasteiger partial charge in [-0.1, -0.05) is 37.6 Å². The van der Waals surface area contributed by atoms with Crippen molar-refractivity contribution in [2.45, 2.75) is 33.7 Å². The Labute approximate surface area is 91.3 Å². The molecule has 78 valence electrons. The van der Waals surface area contributed by atoms with Gasteiger partial charge in [0.05, 0.1) is 0 Å². The highest BCUT2D eigenvalue weighted by atomic mass is 35.5. The summed E-state index contributed by atoms with van der Waals surface area (Å²) in [5.41, 5.74) is 9.48. The summed E-state index contributed by atoms with van der Waals surface area (Å²) in [4.78, 5) is 0. The van der Waals surface area contributed by atoms with Crippen molar-refractivity contribution in [1.29, 1.82) is 0 Å². The maximum atomic E-state index is 6.09. The van der Waals surface area contributed by atoms with Crippen LogP contribution in [0.2, 0.25) is 5.02 Å². The molecule has 0 aliphatic heterocycles. The molecule has 2 N–H and O–H groups in total. The van der Waals surface area contributed by atoms with E-state index in [4.69, 9.17) is 17.3 Å². The fraction of sp³-hybridized carbons (Fsp3) is 0.500. The molecule has 0 bridgehead atoms. The van der Waals surface area contributed by atoms with Gasteiger partial charge in [0.15, 0.2) is 0 Å². The van der Waals surface area contributed by atoms with Crippen molar-refractivity contribution in [3.05, 3.63) is 33.8 Å². The second-order valence-corrected chi connectivity index (χ2v) is 4.62. The summed E-state index contributed by atoms with van der Waals surface area (Å²) in [5.74, 6) is 0.454. The van der Waals surface area contributed by atoms with Gasteiger partial charge in [0.25, 0.3) is 0 Å². The van der Waals surface area contributed by atoms with Gasteiger partial charge in [-0.2, -0.15) is 0 Å². The van der Waals surface area contributed by atoms with Gasteiger partial charge in [-0.25, -0.2) is 0 Å². The molecule has 0 aliphatic carbocycles. The summed E-state index contributed by atoms with van der Waals surface area (Å²) < 4.78 is 0.